The van der Waals surface area contributed by atoms with E-state index in [9.17, 15) is 4.79 Å². The molecule has 1 aliphatic rings. The predicted octanol–water partition coefficient (Wildman–Crippen LogP) is 1.53. The number of carbonyl (C=O) groups is 1. The molecule has 2 unspecified atom stereocenters. The maximum Gasteiger partial charge on any atom is 0.237 e. The van der Waals surface area contributed by atoms with Crippen LogP contribution in [0, 0.1) is 5.92 Å². The molecular formula is C17H27N3O. The lowest BCUT2D eigenvalue weighted by atomic mass is 9.85. The van der Waals surface area contributed by atoms with Crippen LogP contribution in [0.25, 0.3) is 0 Å². The molecule has 21 heavy (non-hydrogen) atoms. The number of benzene rings is 1. The normalized spacial score (nSPS) is 25.4. The molecule has 1 aromatic rings. The summed E-state index contributed by atoms with van der Waals surface area (Å²) in [5, 5.41) is 0. The highest BCUT2D eigenvalue weighted by Gasteiger charge is 2.43. The molecule has 116 valence electrons. The SMILES string of the molecule is CN(CCc1ccccc1)CCC1CCCC1(N)C(N)=O. The molecule has 1 aromatic carbocycles. The van der Waals surface area contributed by atoms with E-state index in [2.05, 4.69) is 36.2 Å². The highest BCUT2D eigenvalue weighted by Crippen LogP contribution is 2.35. The van der Waals surface area contributed by atoms with Crippen molar-refractivity contribution in [2.45, 2.75) is 37.6 Å². The second-order valence-electron chi connectivity index (χ2n) is 6.32. The largest absolute Gasteiger partial charge is 0.368 e. The lowest BCUT2D eigenvalue weighted by Crippen LogP contribution is -2.55. The van der Waals surface area contributed by atoms with E-state index < -0.39 is 5.54 Å². The Morgan fingerprint density at radius 3 is 2.71 bits per heavy atom. The molecule has 4 heteroatoms. The average molecular weight is 289 g/mol. The van der Waals surface area contributed by atoms with Crippen molar-refractivity contribution in [3.63, 3.8) is 0 Å². The zero-order valence-corrected chi connectivity index (χ0v) is 12.9. The Kier molecular flexibility index (Phi) is 5.37. The van der Waals surface area contributed by atoms with E-state index >= 15 is 0 Å². The van der Waals surface area contributed by atoms with Crippen molar-refractivity contribution in [1.82, 2.24) is 4.90 Å². The van der Waals surface area contributed by atoms with Crippen LogP contribution in [0.3, 0.4) is 0 Å². The third-order valence-electron chi connectivity index (χ3n) is 4.81. The Labute approximate surface area is 127 Å². The first-order chi connectivity index (χ1) is 10.0. The van der Waals surface area contributed by atoms with Gasteiger partial charge in [-0.1, -0.05) is 36.8 Å². The number of amides is 1. The summed E-state index contributed by atoms with van der Waals surface area (Å²) < 4.78 is 0. The number of hydrogen-bond acceptors (Lipinski definition) is 3. The molecule has 0 aliphatic heterocycles. The summed E-state index contributed by atoms with van der Waals surface area (Å²) in [5.74, 6) is -0.105. The van der Waals surface area contributed by atoms with E-state index in [-0.39, 0.29) is 11.8 Å². The molecule has 0 saturated heterocycles. The summed E-state index contributed by atoms with van der Waals surface area (Å²) in [6.07, 6.45) is 4.76. The van der Waals surface area contributed by atoms with E-state index in [0.717, 1.165) is 45.2 Å². The minimum Gasteiger partial charge on any atom is -0.368 e. The van der Waals surface area contributed by atoms with Crippen molar-refractivity contribution in [3.05, 3.63) is 35.9 Å². The lowest BCUT2D eigenvalue weighted by Gasteiger charge is -2.29. The van der Waals surface area contributed by atoms with Crippen molar-refractivity contribution in [1.29, 1.82) is 0 Å². The van der Waals surface area contributed by atoms with Gasteiger partial charge < -0.3 is 16.4 Å². The third kappa shape index (κ3) is 4.05. The Morgan fingerprint density at radius 2 is 2.05 bits per heavy atom. The van der Waals surface area contributed by atoms with Crippen LogP contribution in [0.2, 0.25) is 0 Å². The summed E-state index contributed by atoms with van der Waals surface area (Å²) in [6, 6.07) is 10.5. The summed E-state index contributed by atoms with van der Waals surface area (Å²) in [4.78, 5) is 13.9. The van der Waals surface area contributed by atoms with Crippen LogP contribution in [0.5, 0.6) is 0 Å². The summed E-state index contributed by atoms with van der Waals surface area (Å²) in [7, 11) is 2.13. The van der Waals surface area contributed by atoms with Crippen molar-refractivity contribution in [2.24, 2.45) is 17.4 Å². The second kappa shape index (κ2) is 7.05. The van der Waals surface area contributed by atoms with Crippen LogP contribution in [0.15, 0.2) is 30.3 Å². The summed E-state index contributed by atoms with van der Waals surface area (Å²) >= 11 is 0. The minimum absolute atomic E-state index is 0.231. The van der Waals surface area contributed by atoms with Gasteiger partial charge in [0.15, 0.2) is 0 Å². The van der Waals surface area contributed by atoms with Crippen LogP contribution >= 0.6 is 0 Å². The number of rotatable bonds is 7. The fourth-order valence-electron chi connectivity index (χ4n) is 3.28. The molecule has 4 N–H and O–H groups in total. The second-order valence-corrected chi connectivity index (χ2v) is 6.32. The molecule has 1 amide bonds. The smallest absolute Gasteiger partial charge is 0.237 e. The summed E-state index contributed by atoms with van der Waals surface area (Å²) in [5.41, 5.74) is 12.3. The van der Waals surface area contributed by atoms with Gasteiger partial charge in [-0.05, 0) is 50.8 Å². The van der Waals surface area contributed by atoms with Crippen molar-refractivity contribution < 1.29 is 4.79 Å². The van der Waals surface area contributed by atoms with Gasteiger partial charge in [-0.3, -0.25) is 4.79 Å². The fraction of sp³-hybridized carbons (Fsp3) is 0.588. The van der Waals surface area contributed by atoms with Crippen LogP contribution in [0.4, 0.5) is 0 Å². The predicted molar refractivity (Wildman–Crippen MR) is 85.7 cm³/mol. The van der Waals surface area contributed by atoms with E-state index in [1.54, 1.807) is 0 Å². The molecule has 0 heterocycles. The zero-order chi connectivity index (χ0) is 15.3. The van der Waals surface area contributed by atoms with Gasteiger partial charge in [0.05, 0.1) is 5.54 Å². The molecule has 0 radical (unpaired) electrons. The van der Waals surface area contributed by atoms with Gasteiger partial charge in [-0.2, -0.15) is 0 Å². The molecule has 4 nitrogen and oxygen atoms in total. The maximum atomic E-state index is 11.6. The van der Waals surface area contributed by atoms with Crippen molar-refractivity contribution >= 4 is 5.91 Å². The van der Waals surface area contributed by atoms with Gasteiger partial charge in [0.2, 0.25) is 5.91 Å². The van der Waals surface area contributed by atoms with Crippen molar-refractivity contribution in [2.75, 3.05) is 20.1 Å². The molecule has 0 aromatic heterocycles. The molecule has 1 aliphatic carbocycles. The molecule has 1 fully saturated rings. The first-order valence-corrected chi connectivity index (χ1v) is 7.83. The van der Waals surface area contributed by atoms with Crippen LogP contribution in [0.1, 0.15) is 31.2 Å². The van der Waals surface area contributed by atoms with E-state index in [1.165, 1.54) is 5.56 Å². The lowest BCUT2D eigenvalue weighted by molar-refractivity contribution is -0.124. The fourth-order valence-corrected chi connectivity index (χ4v) is 3.28. The number of hydrogen-bond donors (Lipinski definition) is 2. The van der Waals surface area contributed by atoms with Gasteiger partial charge in [0.25, 0.3) is 0 Å². The Balaban J connectivity index is 1.76. The Bertz CT molecular complexity index is 462. The zero-order valence-electron chi connectivity index (χ0n) is 12.9. The minimum atomic E-state index is -0.778. The van der Waals surface area contributed by atoms with E-state index in [4.69, 9.17) is 11.5 Å². The molecule has 1 saturated carbocycles. The molecule has 2 atom stereocenters. The molecule has 2 rings (SSSR count). The topological polar surface area (TPSA) is 72.3 Å². The molecule has 0 bridgehead atoms. The first kappa shape index (κ1) is 16.0. The van der Waals surface area contributed by atoms with Gasteiger partial charge in [-0.25, -0.2) is 0 Å². The first-order valence-electron chi connectivity index (χ1n) is 7.83. The highest BCUT2D eigenvalue weighted by atomic mass is 16.1. The van der Waals surface area contributed by atoms with Crippen LogP contribution in [-0.4, -0.2) is 36.5 Å². The summed E-state index contributed by atoms with van der Waals surface area (Å²) in [6.45, 7) is 1.98. The van der Waals surface area contributed by atoms with Gasteiger partial charge in [-0.15, -0.1) is 0 Å². The average Bonchev–Trinajstić information content (AvgIpc) is 2.86. The number of nitrogens with zero attached hydrogens (tertiary/aromatic N) is 1. The van der Waals surface area contributed by atoms with Crippen molar-refractivity contribution in [3.8, 4) is 0 Å². The van der Waals surface area contributed by atoms with Gasteiger partial charge in [0, 0.05) is 6.54 Å². The van der Waals surface area contributed by atoms with E-state index in [1.807, 2.05) is 6.07 Å². The highest BCUT2D eigenvalue weighted by molar-refractivity contribution is 5.85. The molecular weight excluding hydrogens is 262 g/mol. The number of primary amides is 1. The monoisotopic (exact) mass is 289 g/mol. The molecule has 0 spiro atoms. The number of nitrogens with two attached hydrogens (primary N) is 2. The third-order valence-corrected chi connectivity index (χ3v) is 4.81. The van der Waals surface area contributed by atoms with E-state index in [0.29, 0.717) is 0 Å². The Hall–Kier alpha value is -1.39. The maximum absolute atomic E-state index is 11.6. The standard InChI is InChI=1S/C17H27N3O/c1-20(12-9-14-6-3-2-4-7-14)13-10-15-8-5-11-17(15,19)16(18)21/h2-4,6-7,15H,5,8-13,19H2,1H3,(H2,18,21). The number of likely N-dealkylation sites (N-methyl/N-ethyl adjacent to an activating group) is 1. The van der Waals surface area contributed by atoms with Crippen LogP contribution in [-0.2, 0) is 11.2 Å². The van der Waals surface area contributed by atoms with Gasteiger partial charge >= 0.3 is 0 Å². The quantitative estimate of drug-likeness (QED) is 0.799. The van der Waals surface area contributed by atoms with Gasteiger partial charge in [0.1, 0.15) is 0 Å². The number of carbonyl (C=O) groups excluding carboxylic acids is 1. The Morgan fingerprint density at radius 1 is 1.33 bits per heavy atom. The van der Waals surface area contributed by atoms with Crippen LogP contribution < -0.4 is 11.5 Å².